The molecule has 2 rings (SSSR count). The van der Waals surface area contributed by atoms with Crippen LogP contribution in [0.15, 0.2) is 48.5 Å². The van der Waals surface area contributed by atoms with Gasteiger partial charge in [-0.25, -0.2) is 0 Å². The number of nitrogens with zero attached hydrogens (tertiary/aromatic N) is 1. The molecular formula is C21H26N2O3. The van der Waals surface area contributed by atoms with Gasteiger partial charge in [0.1, 0.15) is 5.75 Å². The van der Waals surface area contributed by atoms with Gasteiger partial charge in [0.25, 0.3) is 5.91 Å². The fourth-order valence-electron chi connectivity index (χ4n) is 2.42. The highest BCUT2D eigenvalue weighted by atomic mass is 16.5. The average Bonchev–Trinajstić information content (AvgIpc) is 2.60. The summed E-state index contributed by atoms with van der Waals surface area (Å²) in [5.41, 5.74) is 2.32. The van der Waals surface area contributed by atoms with Crippen LogP contribution in [0.2, 0.25) is 0 Å². The van der Waals surface area contributed by atoms with Crippen molar-refractivity contribution >= 4 is 17.5 Å². The Kier molecular flexibility index (Phi) is 6.78. The molecule has 5 nitrogen and oxygen atoms in total. The number of carbonyl (C=O) groups is 2. The zero-order chi connectivity index (χ0) is 19.1. The molecule has 0 saturated heterocycles. The molecule has 0 aliphatic rings. The molecule has 0 aliphatic heterocycles. The standard InChI is InChI=1S/C21H26N2O3/c1-15(2)26-19-7-5-6-17(14-19)21(25)22-18-11-8-16(9-12-18)10-13-20(24)23(3)4/h5-9,11-12,14-15H,10,13H2,1-4H3,(H,22,25). The number of hydrogen-bond donors (Lipinski definition) is 1. The highest BCUT2D eigenvalue weighted by Gasteiger charge is 2.09. The van der Waals surface area contributed by atoms with Gasteiger partial charge >= 0.3 is 0 Å². The quantitative estimate of drug-likeness (QED) is 0.824. The summed E-state index contributed by atoms with van der Waals surface area (Å²) >= 11 is 0. The number of ether oxygens (including phenoxy) is 1. The van der Waals surface area contributed by atoms with Crippen LogP contribution in [0.1, 0.15) is 36.2 Å². The first kappa shape index (κ1) is 19.5. The Labute approximate surface area is 155 Å². The maximum atomic E-state index is 12.4. The summed E-state index contributed by atoms with van der Waals surface area (Å²) < 4.78 is 5.62. The van der Waals surface area contributed by atoms with Crippen molar-refractivity contribution in [3.8, 4) is 5.75 Å². The van der Waals surface area contributed by atoms with Crippen LogP contribution in [-0.4, -0.2) is 36.9 Å². The summed E-state index contributed by atoms with van der Waals surface area (Å²) in [6.45, 7) is 3.89. The normalized spacial score (nSPS) is 10.5. The highest BCUT2D eigenvalue weighted by Crippen LogP contribution is 2.17. The molecule has 26 heavy (non-hydrogen) atoms. The number of nitrogens with one attached hydrogen (secondary N) is 1. The molecule has 1 N–H and O–H groups in total. The summed E-state index contributed by atoms with van der Waals surface area (Å²) in [5.74, 6) is 0.592. The smallest absolute Gasteiger partial charge is 0.255 e. The van der Waals surface area contributed by atoms with E-state index < -0.39 is 0 Å². The number of hydrogen-bond acceptors (Lipinski definition) is 3. The Morgan fingerprint density at radius 3 is 2.38 bits per heavy atom. The number of anilines is 1. The first-order valence-electron chi connectivity index (χ1n) is 8.72. The molecule has 0 heterocycles. The van der Waals surface area contributed by atoms with E-state index in [1.807, 2.05) is 44.2 Å². The van der Waals surface area contributed by atoms with Gasteiger partial charge in [-0.2, -0.15) is 0 Å². The lowest BCUT2D eigenvalue weighted by Gasteiger charge is -2.12. The van der Waals surface area contributed by atoms with Gasteiger partial charge in [0.2, 0.25) is 5.91 Å². The second-order valence-corrected chi connectivity index (χ2v) is 6.63. The van der Waals surface area contributed by atoms with E-state index in [9.17, 15) is 9.59 Å². The van der Waals surface area contributed by atoms with Crippen LogP contribution in [0, 0.1) is 0 Å². The summed E-state index contributed by atoms with van der Waals surface area (Å²) in [6.07, 6.45) is 1.21. The van der Waals surface area contributed by atoms with E-state index in [-0.39, 0.29) is 17.9 Å². The van der Waals surface area contributed by atoms with Gasteiger partial charge in [-0.3, -0.25) is 9.59 Å². The van der Waals surface area contributed by atoms with Crippen molar-refractivity contribution in [3.63, 3.8) is 0 Å². The minimum absolute atomic E-state index is 0.0558. The minimum atomic E-state index is -0.185. The van der Waals surface area contributed by atoms with Crippen molar-refractivity contribution in [2.24, 2.45) is 0 Å². The third-order valence-electron chi connectivity index (χ3n) is 3.81. The lowest BCUT2D eigenvalue weighted by atomic mass is 10.1. The predicted molar refractivity (Wildman–Crippen MR) is 104 cm³/mol. The molecule has 0 atom stereocenters. The van der Waals surface area contributed by atoms with Crippen LogP contribution >= 0.6 is 0 Å². The molecule has 0 aromatic heterocycles. The third kappa shape index (κ3) is 5.92. The molecule has 0 bridgehead atoms. The first-order chi connectivity index (χ1) is 12.3. The molecule has 0 unspecified atom stereocenters. The lowest BCUT2D eigenvalue weighted by molar-refractivity contribution is -0.128. The van der Waals surface area contributed by atoms with E-state index in [0.717, 1.165) is 5.56 Å². The average molecular weight is 354 g/mol. The Bertz CT molecular complexity index is 752. The van der Waals surface area contributed by atoms with Gasteiger partial charge in [-0.05, 0) is 56.2 Å². The van der Waals surface area contributed by atoms with Crippen LogP contribution in [0.4, 0.5) is 5.69 Å². The lowest BCUT2D eigenvalue weighted by Crippen LogP contribution is -2.21. The first-order valence-corrected chi connectivity index (χ1v) is 8.72. The molecule has 0 saturated carbocycles. The zero-order valence-electron chi connectivity index (χ0n) is 15.8. The molecule has 2 amide bonds. The second kappa shape index (κ2) is 9.04. The van der Waals surface area contributed by atoms with Gasteiger partial charge in [-0.1, -0.05) is 18.2 Å². The van der Waals surface area contributed by atoms with E-state index in [1.54, 1.807) is 37.2 Å². The van der Waals surface area contributed by atoms with E-state index in [1.165, 1.54) is 0 Å². The Balaban J connectivity index is 1.96. The third-order valence-corrected chi connectivity index (χ3v) is 3.81. The molecule has 2 aromatic rings. The van der Waals surface area contributed by atoms with E-state index >= 15 is 0 Å². The second-order valence-electron chi connectivity index (χ2n) is 6.63. The highest BCUT2D eigenvalue weighted by molar-refractivity contribution is 6.04. The monoisotopic (exact) mass is 354 g/mol. The van der Waals surface area contributed by atoms with E-state index in [4.69, 9.17) is 4.74 Å². The summed E-state index contributed by atoms with van der Waals surface area (Å²) in [5, 5.41) is 2.88. The van der Waals surface area contributed by atoms with Gasteiger partial charge < -0.3 is 15.0 Å². The van der Waals surface area contributed by atoms with Crippen LogP contribution < -0.4 is 10.1 Å². The van der Waals surface area contributed by atoms with Gasteiger partial charge in [0, 0.05) is 31.8 Å². The van der Waals surface area contributed by atoms with Gasteiger partial charge in [-0.15, -0.1) is 0 Å². The molecule has 0 radical (unpaired) electrons. The number of benzene rings is 2. The van der Waals surface area contributed by atoms with Crippen molar-refractivity contribution in [1.82, 2.24) is 4.90 Å². The largest absolute Gasteiger partial charge is 0.491 e. The van der Waals surface area contributed by atoms with Crippen molar-refractivity contribution in [1.29, 1.82) is 0 Å². The molecular weight excluding hydrogens is 328 g/mol. The van der Waals surface area contributed by atoms with Crippen molar-refractivity contribution in [2.75, 3.05) is 19.4 Å². The van der Waals surface area contributed by atoms with Crippen LogP contribution in [0.3, 0.4) is 0 Å². The van der Waals surface area contributed by atoms with Crippen molar-refractivity contribution < 1.29 is 14.3 Å². The number of amides is 2. The van der Waals surface area contributed by atoms with E-state index in [0.29, 0.717) is 29.8 Å². The molecule has 0 aliphatic carbocycles. The SMILES string of the molecule is CC(C)Oc1cccc(C(=O)Nc2ccc(CCC(=O)N(C)C)cc2)c1. The van der Waals surface area contributed by atoms with Crippen LogP contribution in [0.25, 0.3) is 0 Å². The van der Waals surface area contributed by atoms with Crippen molar-refractivity contribution in [3.05, 3.63) is 59.7 Å². The van der Waals surface area contributed by atoms with Gasteiger partial charge in [0.05, 0.1) is 6.10 Å². The maximum Gasteiger partial charge on any atom is 0.255 e. The summed E-state index contributed by atoms with van der Waals surface area (Å²) in [4.78, 5) is 25.6. The topological polar surface area (TPSA) is 58.6 Å². The summed E-state index contributed by atoms with van der Waals surface area (Å²) in [7, 11) is 3.50. The Morgan fingerprint density at radius 2 is 1.77 bits per heavy atom. The molecule has 0 fully saturated rings. The van der Waals surface area contributed by atoms with Gasteiger partial charge in [0.15, 0.2) is 0 Å². The van der Waals surface area contributed by atoms with Crippen molar-refractivity contribution in [2.45, 2.75) is 32.8 Å². The number of rotatable bonds is 7. The zero-order valence-corrected chi connectivity index (χ0v) is 15.8. The van der Waals surface area contributed by atoms with Crippen LogP contribution in [-0.2, 0) is 11.2 Å². The maximum absolute atomic E-state index is 12.4. The van der Waals surface area contributed by atoms with E-state index in [2.05, 4.69) is 5.32 Å². The predicted octanol–water partition coefficient (Wildman–Crippen LogP) is 3.75. The Hall–Kier alpha value is -2.82. The Morgan fingerprint density at radius 1 is 1.08 bits per heavy atom. The fraction of sp³-hybridized carbons (Fsp3) is 0.333. The summed E-state index contributed by atoms with van der Waals surface area (Å²) in [6, 6.07) is 14.7. The fourth-order valence-corrected chi connectivity index (χ4v) is 2.42. The van der Waals surface area contributed by atoms with Crippen LogP contribution in [0.5, 0.6) is 5.75 Å². The molecule has 138 valence electrons. The number of aryl methyl sites for hydroxylation is 1. The molecule has 0 spiro atoms. The molecule has 5 heteroatoms. The molecule has 2 aromatic carbocycles. The minimum Gasteiger partial charge on any atom is -0.491 e. The number of carbonyl (C=O) groups excluding carboxylic acids is 2.